The van der Waals surface area contributed by atoms with Crippen molar-refractivity contribution >= 4 is 12.1 Å². The van der Waals surface area contributed by atoms with Crippen molar-refractivity contribution in [2.75, 3.05) is 7.11 Å². The Kier molecular flexibility index (Phi) is 4.28. The number of carbonyl (C=O) groups is 1. The second-order valence-electron chi connectivity index (χ2n) is 3.85. The molecule has 0 bridgehead atoms. The van der Waals surface area contributed by atoms with Crippen molar-refractivity contribution in [2.45, 2.75) is 0 Å². The molecule has 0 aliphatic rings. The molecule has 1 heterocycles. The zero-order chi connectivity index (χ0) is 14.4. The van der Waals surface area contributed by atoms with E-state index in [-0.39, 0.29) is 11.4 Å². The van der Waals surface area contributed by atoms with Crippen LogP contribution in [0.2, 0.25) is 0 Å². The Morgan fingerprint density at radius 3 is 2.90 bits per heavy atom. The van der Waals surface area contributed by atoms with Crippen molar-refractivity contribution in [3.8, 4) is 11.5 Å². The number of hydrazone groups is 1. The molecule has 0 aliphatic carbocycles. The average Bonchev–Trinajstić information content (AvgIpc) is 2.48. The van der Waals surface area contributed by atoms with Gasteiger partial charge in [-0.2, -0.15) is 5.10 Å². The van der Waals surface area contributed by atoms with Crippen molar-refractivity contribution < 1.29 is 14.6 Å². The van der Waals surface area contributed by atoms with Gasteiger partial charge in [0.2, 0.25) is 0 Å². The SMILES string of the molecule is COc1ccc(/C=N\NC(=O)c2ccccn2)cc1O. The normalized spacial score (nSPS) is 10.4. The summed E-state index contributed by atoms with van der Waals surface area (Å²) in [6.07, 6.45) is 2.94. The number of nitrogens with one attached hydrogen (secondary N) is 1. The van der Waals surface area contributed by atoms with E-state index >= 15 is 0 Å². The van der Waals surface area contributed by atoms with Crippen LogP contribution in [0.3, 0.4) is 0 Å². The van der Waals surface area contributed by atoms with Crippen LogP contribution in [0, 0.1) is 0 Å². The maximum atomic E-state index is 11.6. The van der Waals surface area contributed by atoms with Crippen LogP contribution in [-0.2, 0) is 0 Å². The number of ether oxygens (including phenoxy) is 1. The second kappa shape index (κ2) is 6.33. The zero-order valence-corrected chi connectivity index (χ0v) is 10.8. The molecule has 0 radical (unpaired) electrons. The summed E-state index contributed by atoms with van der Waals surface area (Å²) in [5.74, 6) is -0.0215. The topological polar surface area (TPSA) is 83.8 Å². The minimum absolute atomic E-state index is 0.00695. The minimum Gasteiger partial charge on any atom is -0.504 e. The summed E-state index contributed by atoms with van der Waals surface area (Å²) < 4.78 is 4.93. The molecular formula is C14H13N3O3. The van der Waals surface area contributed by atoms with Crippen LogP contribution in [-0.4, -0.2) is 29.3 Å². The smallest absolute Gasteiger partial charge is 0.289 e. The number of aromatic hydroxyl groups is 1. The Bertz CT molecular complexity index is 627. The number of hydrogen-bond acceptors (Lipinski definition) is 5. The molecule has 0 atom stereocenters. The van der Waals surface area contributed by atoms with Crippen LogP contribution in [0.5, 0.6) is 11.5 Å². The average molecular weight is 271 g/mol. The third-order valence-electron chi connectivity index (χ3n) is 2.48. The highest BCUT2D eigenvalue weighted by Crippen LogP contribution is 2.25. The van der Waals surface area contributed by atoms with Crippen LogP contribution in [0.1, 0.15) is 16.1 Å². The van der Waals surface area contributed by atoms with Crippen LogP contribution in [0.4, 0.5) is 0 Å². The highest BCUT2D eigenvalue weighted by molar-refractivity contribution is 5.93. The first-order valence-electron chi connectivity index (χ1n) is 5.82. The Balaban J connectivity index is 2.00. The molecule has 0 saturated heterocycles. The summed E-state index contributed by atoms with van der Waals surface area (Å²) in [4.78, 5) is 15.5. The number of methoxy groups -OCH3 is 1. The van der Waals surface area contributed by atoms with E-state index in [2.05, 4.69) is 15.5 Å². The number of nitrogens with zero attached hydrogens (tertiary/aromatic N) is 2. The highest BCUT2D eigenvalue weighted by Gasteiger charge is 2.04. The fourth-order valence-electron chi connectivity index (χ4n) is 1.51. The third kappa shape index (κ3) is 3.32. The largest absolute Gasteiger partial charge is 0.504 e. The predicted molar refractivity (Wildman–Crippen MR) is 74.0 cm³/mol. The Morgan fingerprint density at radius 1 is 1.40 bits per heavy atom. The van der Waals surface area contributed by atoms with Gasteiger partial charge in [-0.15, -0.1) is 0 Å². The third-order valence-corrected chi connectivity index (χ3v) is 2.48. The van der Waals surface area contributed by atoms with Crippen molar-refractivity contribution in [2.24, 2.45) is 5.10 Å². The lowest BCUT2D eigenvalue weighted by Gasteiger charge is -2.03. The van der Waals surface area contributed by atoms with Gasteiger partial charge >= 0.3 is 0 Å². The molecule has 0 spiro atoms. The molecule has 2 rings (SSSR count). The zero-order valence-electron chi connectivity index (χ0n) is 10.8. The first-order valence-corrected chi connectivity index (χ1v) is 5.82. The number of carbonyl (C=O) groups excluding carboxylic acids is 1. The van der Waals surface area contributed by atoms with Gasteiger partial charge in [-0.25, -0.2) is 5.43 Å². The van der Waals surface area contributed by atoms with E-state index in [0.717, 1.165) is 0 Å². The number of phenolic OH excluding ortho intramolecular Hbond substituents is 1. The quantitative estimate of drug-likeness (QED) is 0.653. The molecule has 0 unspecified atom stereocenters. The van der Waals surface area contributed by atoms with E-state index in [0.29, 0.717) is 11.3 Å². The maximum absolute atomic E-state index is 11.6. The van der Waals surface area contributed by atoms with E-state index in [1.54, 1.807) is 30.3 Å². The number of pyridine rings is 1. The first-order chi connectivity index (χ1) is 9.70. The lowest BCUT2D eigenvalue weighted by Crippen LogP contribution is -2.18. The molecule has 0 aliphatic heterocycles. The van der Waals surface area contributed by atoms with Crippen LogP contribution >= 0.6 is 0 Å². The number of amides is 1. The fraction of sp³-hybridized carbons (Fsp3) is 0.0714. The van der Waals surface area contributed by atoms with E-state index in [9.17, 15) is 9.90 Å². The molecule has 20 heavy (non-hydrogen) atoms. The predicted octanol–water partition coefficient (Wildman–Crippen LogP) is 1.56. The molecule has 1 aromatic carbocycles. The summed E-state index contributed by atoms with van der Waals surface area (Å²) in [5, 5.41) is 13.4. The van der Waals surface area contributed by atoms with Gasteiger partial charge < -0.3 is 9.84 Å². The van der Waals surface area contributed by atoms with Gasteiger partial charge in [0.15, 0.2) is 11.5 Å². The number of phenols is 1. The summed E-state index contributed by atoms with van der Waals surface area (Å²) in [6, 6.07) is 9.82. The molecule has 1 aromatic heterocycles. The standard InChI is InChI=1S/C14H13N3O3/c1-20-13-6-5-10(8-12(13)18)9-16-17-14(19)11-4-2-3-7-15-11/h2-9,18H,1H3,(H,17,19)/b16-9-. The Morgan fingerprint density at radius 2 is 2.25 bits per heavy atom. The van der Waals surface area contributed by atoms with E-state index in [4.69, 9.17) is 4.74 Å². The van der Waals surface area contributed by atoms with Crippen LogP contribution < -0.4 is 10.2 Å². The molecule has 102 valence electrons. The monoisotopic (exact) mass is 271 g/mol. The van der Waals surface area contributed by atoms with Crippen molar-refractivity contribution in [3.63, 3.8) is 0 Å². The first kappa shape index (κ1) is 13.5. The van der Waals surface area contributed by atoms with Gasteiger partial charge in [-0.1, -0.05) is 6.07 Å². The summed E-state index contributed by atoms with van der Waals surface area (Å²) in [5.41, 5.74) is 3.26. The molecule has 6 heteroatoms. The van der Waals surface area contributed by atoms with Gasteiger partial charge in [0, 0.05) is 6.20 Å². The van der Waals surface area contributed by atoms with Gasteiger partial charge in [0.05, 0.1) is 13.3 Å². The van der Waals surface area contributed by atoms with Crippen molar-refractivity contribution in [1.82, 2.24) is 10.4 Å². The van der Waals surface area contributed by atoms with Crippen molar-refractivity contribution in [3.05, 3.63) is 53.9 Å². The molecule has 0 saturated carbocycles. The molecule has 2 N–H and O–H groups in total. The fourth-order valence-corrected chi connectivity index (χ4v) is 1.51. The Labute approximate surface area is 115 Å². The lowest BCUT2D eigenvalue weighted by molar-refractivity contribution is 0.0950. The number of aromatic nitrogens is 1. The summed E-state index contributed by atoms with van der Waals surface area (Å²) >= 11 is 0. The van der Waals surface area contributed by atoms with Gasteiger partial charge in [0.1, 0.15) is 5.69 Å². The van der Waals surface area contributed by atoms with Gasteiger partial charge in [-0.3, -0.25) is 9.78 Å². The molecule has 1 amide bonds. The van der Waals surface area contributed by atoms with E-state index in [1.807, 2.05) is 0 Å². The molecule has 6 nitrogen and oxygen atoms in total. The van der Waals surface area contributed by atoms with E-state index < -0.39 is 5.91 Å². The van der Waals surface area contributed by atoms with E-state index in [1.165, 1.54) is 25.6 Å². The maximum Gasteiger partial charge on any atom is 0.289 e. The van der Waals surface area contributed by atoms with Crippen LogP contribution in [0.25, 0.3) is 0 Å². The number of hydrogen-bond donors (Lipinski definition) is 2. The molecular weight excluding hydrogens is 258 g/mol. The second-order valence-corrected chi connectivity index (χ2v) is 3.85. The minimum atomic E-state index is -0.403. The van der Waals surface area contributed by atoms with Gasteiger partial charge in [0.25, 0.3) is 5.91 Å². The number of rotatable bonds is 4. The molecule has 2 aromatic rings. The van der Waals surface area contributed by atoms with Gasteiger partial charge in [-0.05, 0) is 35.9 Å². The number of benzene rings is 1. The highest BCUT2D eigenvalue weighted by atomic mass is 16.5. The Hall–Kier alpha value is -2.89. The summed E-state index contributed by atoms with van der Waals surface area (Å²) in [6.45, 7) is 0. The molecule has 0 fully saturated rings. The van der Waals surface area contributed by atoms with Crippen molar-refractivity contribution in [1.29, 1.82) is 0 Å². The lowest BCUT2D eigenvalue weighted by atomic mass is 10.2. The van der Waals surface area contributed by atoms with Crippen LogP contribution in [0.15, 0.2) is 47.7 Å². The summed E-state index contributed by atoms with van der Waals surface area (Å²) in [7, 11) is 1.47.